The molecule has 0 aromatic heterocycles. The lowest BCUT2D eigenvalue weighted by Crippen LogP contribution is -2.19. The summed E-state index contributed by atoms with van der Waals surface area (Å²) >= 11 is 0. The quantitative estimate of drug-likeness (QED) is 0.0282. The Labute approximate surface area is 315 Å². The van der Waals surface area contributed by atoms with Crippen molar-refractivity contribution in [3.05, 3.63) is 0 Å². The van der Waals surface area contributed by atoms with Crippen LogP contribution in [0.25, 0.3) is 0 Å². The standard InChI is InChI=1S/C24H44O5.C20H40O2/c1-6-7-8-9-12-16-21(5)24(27)29-22(25)17-14-11-10-13-15-20(4)23(26)28-18-19(2)3;1-3-5-7-9-10-11-12-13-15-17-19-22-20(21)18-16-14-8-6-4-2/h19-21H,6-18H2,1-5H3;3-19H2,1-2H3. The molecule has 302 valence electrons. The molecule has 0 bridgehead atoms. The van der Waals surface area contributed by atoms with E-state index in [2.05, 4.69) is 20.8 Å². The molecule has 0 N–H and O–H groups in total. The van der Waals surface area contributed by atoms with E-state index in [9.17, 15) is 19.2 Å². The van der Waals surface area contributed by atoms with Crippen LogP contribution in [0.3, 0.4) is 0 Å². The lowest BCUT2D eigenvalue weighted by Gasteiger charge is -2.12. The molecule has 0 heterocycles. The Morgan fingerprint density at radius 1 is 0.412 bits per heavy atom. The number of hydrogen-bond donors (Lipinski definition) is 0. The molecule has 0 aromatic carbocycles. The maximum absolute atomic E-state index is 12.0. The second-order valence-electron chi connectivity index (χ2n) is 15.3. The first-order valence-electron chi connectivity index (χ1n) is 21.7. The summed E-state index contributed by atoms with van der Waals surface area (Å²) in [5.74, 6) is -0.866. The smallest absolute Gasteiger partial charge is 0.316 e. The van der Waals surface area contributed by atoms with Gasteiger partial charge in [-0.2, -0.15) is 0 Å². The average molecular weight is 725 g/mol. The Kier molecular flexibility index (Phi) is 39.4. The third-order valence-corrected chi connectivity index (χ3v) is 9.33. The van der Waals surface area contributed by atoms with Crippen molar-refractivity contribution in [1.82, 2.24) is 0 Å². The maximum atomic E-state index is 12.0. The lowest BCUT2D eigenvalue weighted by molar-refractivity contribution is -0.162. The molecule has 2 unspecified atom stereocenters. The largest absolute Gasteiger partial charge is 0.466 e. The molecule has 0 amide bonds. The van der Waals surface area contributed by atoms with Gasteiger partial charge in [-0.1, -0.05) is 183 Å². The van der Waals surface area contributed by atoms with Crippen molar-refractivity contribution in [2.45, 2.75) is 228 Å². The minimum atomic E-state index is -0.418. The van der Waals surface area contributed by atoms with Crippen LogP contribution in [0.4, 0.5) is 0 Å². The predicted octanol–water partition coefficient (Wildman–Crippen LogP) is 13.0. The zero-order valence-electron chi connectivity index (χ0n) is 34.8. The molecule has 0 aromatic rings. The molecular formula is C44H84O7. The van der Waals surface area contributed by atoms with Gasteiger partial charge in [0.1, 0.15) is 0 Å². The van der Waals surface area contributed by atoms with Crippen LogP contribution in [-0.2, 0) is 33.4 Å². The molecule has 0 fully saturated rings. The molecule has 51 heavy (non-hydrogen) atoms. The SMILES string of the molecule is CCCCCCCC(C)C(=O)OC(=O)CCCCCCC(C)C(=O)OCC(C)C.CCCCCCCCCCCCOC(=O)CCCCCCC. The van der Waals surface area contributed by atoms with Gasteiger partial charge in [0.25, 0.3) is 0 Å². The van der Waals surface area contributed by atoms with Crippen LogP contribution >= 0.6 is 0 Å². The maximum Gasteiger partial charge on any atom is 0.316 e. The van der Waals surface area contributed by atoms with E-state index in [1.165, 1.54) is 103 Å². The normalized spacial score (nSPS) is 12.2. The van der Waals surface area contributed by atoms with Gasteiger partial charge in [-0.25, -0.2) is 0 Å². The summed E-state index contributed by atoms with van der Waals surface area (Å²) < 4.78 is 15.5. The van der Waals surface area contributed by atoms with Crippen LogP contribution in [0.1, 0.15) is 228 Å². The Hall–Kier alpha value is -1.92. The van der Waals surface area contributed by atoms with E-state index in [4.69, 9.17) is 14.2 Å². The number of carbonyl (C=O) groups is 4. The molecule has 0 aliphatic carbocycles. The Morgan fingerprint density at radius 2 is 0.784 bits per heavy atom. The molecule has 0 aliphatic rings. The summed E-state index contributed by atoms with van der Waals surface area (Å²) in [7, 11) is 0. The predicted molar refractivity (Wildman–Crippen MR) is 212 cm³/mol. The second kappa shape index (κ2) is 39.3. The number of esters is 4. The van der Waals surface area contributed by atoms with Crippen LogP contribution in [-0.4, -0.2) is 37.1 Å². The van der Waals surface area contributed by atoms with Crippen molar-refractivity contribution in [2.24, 2.45) is 17.8 Å². The lowest BCUT2D eigenvalue weighted by atomic mass is 10.0. The fourth-order valence-electron chi connectivity index (χ4n) is 5.74. The monoisotopic (exact) mass is 725 g/mol. The van der Waals surface area contributed by atoms with Crippen molar-refractivity contribution in [3.8, 4) is 0 Å². The van der Waals surface area contributed by atoms with Gasteiger partial charge < -0.3 is 14.2 Å². The van der Waals surface area contributed by atoms with Crippen LogP contribution in [0.15, 0.2) is 0 Å². The third kappa shape index (κ3) is 39.1. The summed E-state index contributed by atoms with van der Waals surface area (Å²) in [4.78, 5) is 47.1. The highest BCUT2D eigenvalue weighted by atomic mass is 16.6. The molecule has 7 heteroatoms. The summed E-state index contributed by atoms with van der Waals surface area (Å²) in [6.07, 6.45) is 30.9. The highest BCUT2D eigenvalue weighted by Gasteiger charge is 2.18. The minimum Gasteiger partial charge on any atom is -0.466 e. The molecule has 0 saturated carbocycles. The Balaban J connectivity index is 0. The van der Waals surface area contributed by atoms with Crippen LogP contribution in [0.5, 0.6) is 0 Å². The van der Waals surface area contributed by atoms with Crippen molar-refractivity contribution >= 4 is 23.9 Å². The van der Waals surface area contributed by atoms with Crippen LogP contribution < -0.4 is 0 Å². The van der Waals surface area contributed by atoms with Gasteiger partial charge in [0.15, 0.2) is 0 Å². The fourth-order valence-corrected chi connectivity index (χ4v) is 5.74. The van der Waals surface area contributed by atoms with E-state index in [0.717, 1.165) is 57.8 Å². The molecule has 7 nitrogen and oxygen atoms in total. The number of hydrogen-bond acceptors (Lipinski definition) is 7. The molecule has 0 radical (unpaired) electrons. The minimum absolute atomic E-state index is 0.00687. The fraction of sp³-hybridized carbons (Fsp3) is 0.909. The van der Waals surface area contributed by atoms with Crippen LogP contribution in [0, 0.1) is 17.8 Å². The molecule has 2 atom stereocenters. The van der Waals surface area contributed by atoms with Gasteiger partial charge in [0, 0.05) is 12.8 Å². The van der Waals surface area contributed by atoms with Crippen molar-refractivity contribution < 1.29 is 33.4 Å². The van der Waals surface area contributed by atoms with Crippen LogP contribution in [0.2, 0.25) is 0 Å². The van der Waals surface area contributed by atoms with Crippen molar-refractivity contribution in [3.63, 3.8) is 0 Å². The molecule has 0 spiro atoms. The highest BCUT2D eigenvalue weighted by Crippen LogP contribution is 2.16. The van der Waals surface area contributed by atoms with Gasteiger partial charge >= 0.3 is 23.9 Å². The van der Waals surface area contributed by atoms with Crippen molar-refractivity contribution in [1.29, 1.82) is 0 Å². The van der Waals surface area contributed by atoms with Gasteiger partial charge in [-0.15, -0.1) is 0 Å². The second-order valence-corrected chi connectivity index (χ2v) is 15.3. The topological polar surface area (TPSA) is 96.0 Å². The first-order chi connectivity index (χ1) is 24.6. The van der Waals surface area contributed by atoms with Gasteiger partial charge in [-0.3, -0.25) is 19.2 Å². The van der Waals surface area contributed by atoms with Crippen molar-refractivity contribution in [2.75, 3.05) is 13.2 Å². The number of unbranched alkanes of at least 4 members (excludes halogenated alkanes) is 20. The zero-order chi connectivity index (χ0) is 38.4. The third-order valence-electron chi connectivity index (χ3n) is 9.33. The highest BCUT2D eigenvalue weighted by molar-refractivity contribution is 5.86. The van der Waals surface area contributed by atoms with E-state index in [0.29, 0.717) is 32.0 Å². The van der Waals surface area contributed by atoms with E-state index in [1.54, 1.807) is 0 Å². The summed E-state index contributed by atoms with van der Waals surface area (Å²) in [5.41, 5.74) is 0. The van der Waals surface area contributed by atoms with E-state index < -0.39 is 5.97 Å². The summed E-state index contributed by atoms with van der Waals surface area (Å²) in [5, 5.41) is 0. The molecule has 0 saturated heterocycles. The molecule has 0 rings (SSSR count). The Morgan fingerprint density at radius 3 is 1.24 bits per heavy atom. The first-order valence-corrected chi connectivity index (χ1v) is 21.7. The Bertz CT molecular complexity index is 809. The first kappa shape index (κ1) is 51.2. The van der Waals surface area contributed by atoms with E-state index in [-0.39, 0.29) is 36.2 Å². The number of rotatable bonds is 34. The average Bonchev–Trinajstić information content (AvgIpc) is 3.10. The summed E-state index contributed by atoms with van der Waals surface area (Å²) in [6.45, 7) is 15.5. The zero-order valence-corrected chi connectivity index (χ0v) is 34.8. The van der Waals surface area contributed by atoms with Gasteiger partial charge in [0.05, 0.1) is 25.0 Å². The molecular weight excluding hydrogens is 640 g/mol. The summed E-state index contributed by atoms with van der Waals surface area (Å²) in [6, 6.07) is 0. The van der Waals surface area contributed by atoms with E-state index in [1.807, 2.05) is 27.7 Å². The number of ether oxygens (including phenoxy) is 3. The number of carbonyl (C=O) groups excluding carboxylic acids is 4. The van der Waals surface area contributed by atoms with E-state index >= 15 is 0 Å². The van der Waals surface area contributed by atoms with Gasteiger partial charge in [0.2, 0.25) is 0 Å². The van der Waals surface area contributed by atoms with Gasteiger partial charge in [-0.05, 0) is 38.0 Å². The molecule has 0 aliphatic heterocycles.